The third kappa shape index (κ3) is 3.23. The molecule has 4 nitrogen and oxygen atoms in total. The maximum atomic E-state index is 11.8. The molecule has 0 unspecified atom stereocenters. The molecule has 1 aromatic rings. The smallest absolute Gasteiger partial charge is 0.251 e. The molecular formula is C14H20N2O2. The summed E-state index contributed by atoms with van der Waals surface area (Å²) in [5.41, 5.74) is 1.29. The molecule has 1 saturated heterocycles. The van der Waals surface area contributed by atoms with Crippen LogP contribution < -0.4 is 5.32 Å². The second-order valence-corrected chi connectivity index (χ2v) is 4.81. The van der Waals surface area contributed by atoms with Crippen molar-refractivity contribution in [1.82, 2.24) is 10.2 Å². The fourth-order valence-electron chi connectivity index (χ4n) is 2.19. The molecule has 1 aliphatic rings. The summed E-state index contributed by atoms with van der Waals surface area (Å²) in [4.78, 5) is 14.2. The first-order valence-corrected chi connectivity index (χ1v) is 6.47. The number of hydrogen-bond acceptors (Lipinski definition) is 3. The highest BCUT2D eigenvalue weighted by Crippen LogP contribution is 2.17. The molecule has 0 aliphatic carbocycles. The number of aromatic hydroxyl groups is 1. The summed E-state index contributed by atoms with van der Waals surface area (Å²) in [5.74, 6) is 0.0479. The van der Waals surface area contributed by atoms with Crippen LogP contribution in [0.2, 0.25) is 0 Å². The van der Waals surface area contributed by atoms with Gasteiger partial charge in [-0.15, -0.1) is 0 Å². The molecule has 2 rings (SSSR count). The molecule has 1 aromatic carbocycles. The molecule has 4 heteroatoms. The summed E-state index contributed by atoms with van der Waals surface area (Å²) in [6.45, 7) is 5.66. The molecule has 1 heterocycles. The summed E-state index contributed by atoms with van der Waals surface area (Å²) in [7, 11) is 0. The first-order valence-electron chi connectivity index (χ1n) is 6.47. The van der Waals surface area contributed by atoms with Gasteiger partial charge in [-0.05, 0) is 50.6 Å². The van der Waals surface area contributed by atoms with Crippen LogP contribution in [-0.4, -0.2) is 42.1 Å². The summed E-state index contributed by atoms with van der Waals surface area (Å²) in [6, 6.07) is 5.01. The van der Waals surface area contributed by atoms with Crippen LogP contribution in [0.15, 0.2) is 18.2 Å². The van der Waals surface area contributed by atoms with E-state index in [9.17, 15) is 9.90 Å². The van der Waals surface area contributed by atoms with E-state index in [0.717, 1.165) is 25.2 Å². The molecule has 0 radical (unpaired) electrons. The third-order valence-electron chi connectivity index (χ3n) is 3.38. The predicted octanol–water partition coefficient (Wildman–Crippen LogP) is 1.53. The Morgan fingerprint density at radius 3 is 2.78 bits per heavy atom. The van der Waals surface area contributed by atoms with E-state index in [1.165, 1.54) is 18.9 Å². The Bertz CT molecular complexity index is 426. The van der Waals surface area contributed by atoms with Crippen LogP contribution in [0.5, 0.6) is 5.75 Å². The van der Waals surface area contributed by atoms with E-state index < -0.39 is 0 Å². The minimum absolute atomic E-state index is 0.121. The fourth-order valence-corrected chi connectivity index (χ4v) is 2.19. The molecule has 1 amide bonds. The SMILES string of the molecule is Cc1ccc(C(=O)NCCN2CCCC2)cc1O. The molecule has 1 fully saturated rings. The van der Waals surface area contributed by atoms with E-state index in [-0.39, 0.29) is 11.7 Å². The maximum absolute atomic E-state index is 11.8. The number of likely N-dealkylation sites (tertiary alicyclic amines) is 1. The van der Waals surface area contributed by atoms with Gasteiger partial charge in [0, 0.05) is 18.7 Å². The maximum Gasteiger partial charge on any atom is 0.251 e. The van der Waals surface area contributed by atoms with Crippen LogP contribution in [0.4, 0.5) is 0 Å². The van der Waals surface area contributed by atoms with Gasteiger partial charge in [0.25, 0.3) is 5.91 Å². The molecule has 0 atom stereocenters. The van der Waals surface area contributed by atoms with Crippen molar-refractivity contribution in [3.63, 3.8) is 0 Å². The van der Waals surface area contributed by atoms with Gasteiger partial charge in [-0.3, -0.25) is 4.79 Å². The zero-order valence-electron chi connectivity index (χ0n) is 10.8. The number of carbonyl (C=O) groups excluding carboxylic acids is 1. The van der Waals surface area contributed by atoms with Gasteiger partial charge in [0.1, 0.15) is 5.75 Å². The summed E-state index contributed by atoms with van der Waals surface area (Å²) in [5, 5.41) is 12.4. The molecule has 0 saturated carbocycles. The molecule has 18 heavy (non-hydrogen) atoms. The lowest BCUT2D eigenvalue weighted by Gasteiger charge is -2.14. The second-order valence-electron chi connectivity index (χ2n) is 4.81. The van der Waals surface area contributed by atoms with Crippen molar-refractivity contribution < 1.29 is 9.90 Å². The van der Waals surface area contributed by atoms with Crippen LogP contribution in [-0.2, 0) is 0 Å². The van der Waals surface area contributed by atoms with Gasteiger partial charge in [-0.1, -0.05) is 6.07 Å². The van der Waals surface area contributed by atoms with Crippen molar-refractivity contribution >= 4 is 5.91 Å². The molecule has 98 valence electrons. The van der Waals surface area contributed by atoms with E-state index in [1.807, 2.05) is 6.92 Å². The van der Waals surface area contributed by atoms with Gasteiger partial charge in [0.05, 0.1) is 0 Å². The lowest BCUT2D eigenvalue weighted by molar-refractivity contribution is 0.0949. The van der Waals surface area contributed by atoms with Gasteiger partial charge < -0.3 is 15.3 Å². The Morgan fingerprint density at radius 1 is 1.39 bits per heavy atom. The lowest BCUT2D eigenvalue weighted by Crippen LogP contribution is -2.33. The molecule has 0 aromatic heterocycles. The van der Waals surface area contributed by atoms with E-state index in [4.69, 9.17) is 0 Å². The predicted molar refractivity (Wildman–Crippen MR) is 70.9 cm³/mol. The highest BCUT2D eigenvalue weighted by Gasteiger charge is 2.12. The lowest BCUT2D eigenvalue weighted by atomic mass is 10.1. The minimum atomic E-state index is -0.121. The zero-order valence-corrected chi connectivity index (χ0v) is 10.8. The van der Waals surface area contributed by atoms with Crippen LogP contribution in [0.25, 0.3) is 0 Å². The van der Waals surface area contributed by atoms with Gasteiger partial charge in [0.15, 0.2) is 0 Å². The van der Waals surface area contributed by atoms with Gasteiger partial charge in [-0.25, -0.2) is 0 Å². The van der Waals surface area contributed by atoms with Crippen LogP contribution in [0.3, 0.4) is 0 Å². The number of nitrogens with one attached hydrogen (secondary N) is 1. The van der Waals surface area contributed by atoms with Crippen molar-refractivity contribution in [1.29, 1.82) is 0 Å². The van der Waals surface area contributed by atoms with Crippen molar-refractivity contribution in [2.24, 2.45) is 0 Å². The van der Waals surface area contributed by atoms with Crippen molar-refractivity contribution in [2.75, 3.05) is 26.2 Å². The normalized spacial score (nSPS) is 15.8. The number of nitrogens with zero attached hydrogens (tertiary/aromatic N) is 1. The fraction of sp³-hybridized carbons (Fsp3) is 0.500. The summed E-state index contributed by atoms with van der Waals surface area (Å²) >= 11 is 0. The third-order valence-corrected chi connectivity index (χ3v) is 3.38. The summed E-state index contributed by atoms with van der Waals surface area (Å²) in [6.07, 6.45) is 2.53. The number of rotatable bonds is 4. The average molecular weight is 248 g/mol. The molecule has 1 aliphatic heterocycles. The van der Waals surface area contributed by atoms with Gasteiger partial charge >= 0.3 is 0 Å². The highest BCUT2D eigenvalue weighted by atomic mass is 16.3. The Morgan fingerprint density at radius 2 is 2.11 bits per heavy atom. The Balaban J connectivity index is 1.81. The standard InChI is InChI=1S/C14H20N2O2/c1-11-4-5-12(10-13(11)17)14(18)15-6-9-16-7-2-3-8-16/h4-5,10,17H,2-3,6-9H2,1H3,(H,15,18). The Hall–Kier alpha value is -1.55. The number of aryl methyl sites for hydroxylation is 1. The van der Waals surface area contributed by atoms with Gasteiger partial charge in [-0.2, -0.15) is 0 Å². The number of phenols is 1. The van der Waals surface area contributed by atoms with Crippen molar-refractivity contribution in [3.8, 4) is 5.75 Å². The Labute approximate surface area is 108 Å². The first-order chi connectivity index (χ1) is 8.66. The average Bonchev–Trinajstić information content (AvgIpc) is 2.85. The van der Waals surface area contributed by atoms with Crippen LogP contribution in [0, 0.1) is 6.92 Å². The summed E-state index contributed by atoms with van der Waals surface area (Å²) < 4.78 is 0. The van der Waals surface area contributed by atoms with E-state index in [0.29, 0.717) is 12.1 Å². The number of hydrogen-bond donors (Lipinski definition) is 2. The number of phenolic OH excluding ortho intramolecular Hbond substituents is 1. The number of amides is 1. The second kappa shape index (κ2) is 5.87. The molecule has 0 spiro atoms. The Kier molecular flexibility index (Phi) is 4.20. The van der Waals surface area contributed by atoms with Crippen LogP contribution >= 0.6 is 0 Å². The quantitative estimate of drug-likeness (QED) is 0.849. The minimum Gasteiger partial charge on any atom is -0.508 e. The largest absolute Gasteiger partial charge is 0.508 e. The first kappa shape index (κ1) is 12.9. The zero-order chi connectivity index (χ0) is 13.0. The van der Waals surface area contributed by atoms with E-state index >= 15 is 0 Å². The molecule has 2 N–H and O–H groups in total. The number of benzene rings is 1. The monoisotopic (exact) mass is 248 g/mol. The van der Waals surface area contributed by atoms with Crippen molar-refractivity contribution in [2.45, 2.75) is 19.8 Å². The number of carbonyl (C=O) groups is 1. The highest BCUT2D eigenvalue weighted by molar-refractivity contribution is 5.94. The van der Waals surface area contributed by atoms with Crippen LogP contribution in [0.1, 0.15) is 28.8 Å². The molecule has 0 bridgehead atoms. The van der Waals surface area contributed by atoms with Gasteiger partial charge in [0.2, 0.25) is 0 Å². The van der Waals surface area contributed by atoms with E-state index in [1.54, 1.807) is 12.1 Å². The topological polar surface area (TPSA) is 52.6 Å². The molecular weight excluding hydrogens is 228 g/mol. The van der Waals surface area contributed by atoms with E-state index in [2.05, 4.69) is 10.2 Å². The van der Waals surface area contributed by atoms with Crippen molar-refractivity contribution in [3.05, 3.63) is 29.3 Å².